The standard InChI is InChI=1S/C17H20N2O4S/c1-4-9-19-11-14(7-8-16(19)20)18-17(21)13-6-5-12(2)15(10-13)24(3,22)23/h5-8,10-11H,4,9H2,1-3H3,(H,18,21). The van der Waals surface area contributed by atoms with Crippen LogP contribution in [-0.4, -0.2) is 25.1 Å². The second-order valence-electron chi connectivity index (χ2n) is 5.66. The summed E-state index contributed by atoms with van der Waals surface area (Å²) >= 11 is 0. The lowest BCUT2D eigenvalue weighted by molar-refractivity contribution is 0.102. The van der Waals surface area contributed by atoms with Crippen LogP contribution < -0.4 is 10.9 Å². The molecule has 0 radical (unpaired) electrons. The molecule has 6 nitrogen and oxygen atoms in total. The van der Waals surface area contributed by atoms with Gasteiger partial charge in [-0.3, -0.25) is 9.59 Å². The first-order chi connectivity index (χ1) is 11.2. The van der Waals surface area contributed by atoms with Crippen LogP contribution in [0, 0.1) is 6.92 Å². The Labute approximate surface area is 141 Å². The van der Waals surface area contributed by atoms with Gasteiger partial charge in [0.25, 0.3) is 11.5 Å². The van der Waals surface area contributed by atoms with Crippen molar-refractivity contribution in [1.29, 1.82) is 0 Å². The summed E-state index contributed by atoms with van der Waals surface area (Å²) in [5, 5.41) is 2.69. The molecule has 0 atom stereocenters. The highest BCUT2D eigenvalue weighted by Crippen LogP contribution is 2.18. The van der Waals surface area contributed by atoms with Crippen LogP contribution in [-0.2, 0) is 16.4 Å². The first kappa shape index (κ1) is 17.9. The van der Waals surface area contributed by atoms with Crippen molar-refractivity contribution in [2.24, 2.45) is 0 Å². The number of sulfone groups is 1. The third-order valence-electron chi connectivity index (χ3n) is 3.56. The second kappa shape index (κ2) is 7.00. The van der Waals surface area contributed by atoms with E-state index in [-0.39, 0.29) is 16.0 Å². The summed E-state index contributed by atoms with van der Waals surface area (Å²) in [6, 6.07) is 7.45. The minimum absolute atomic E-state index is 0.131. The molecule has 1 amide bonds. The quantitative estimate of drug-likeness (QED) is 0.898. The summed E-state index contributed by atoms with van der Waals surface area (Å²) in [6.45, 7) is 4.20. The Hall–Kier alpha value is -2.41. The van der Waals surface area contributed by atoms with E-state index in [1.165, 1.54) is 22.8 Å². The van der Waals surface area contributed by atoms with Crippen LogP contribution >= 0.6 is 0 Å². The number of pyridine rings is 1. The zero-order chi connectivity index (χ0) is 17.9. The van der Waals surface area contributed by atoms with Crippen molar-refractivity contribution in [3.05, 3.63) is 58.0 Å². The lowest BCUT2D eigenvalue weighted by Crippen LogP contribution is -2.20. The van der Waals surface area contributed by atoms with Gasteiger partial charge in [0.15, 0.2) is 9.84 Å². The molecule has 0 spiro atoms. The number of hydrogen-bond acceptors (Lipinski definition) is 4. The highest BCUT2D eigenvalue weighted by Gasteiger charge is 2.15. The molecule has 0 saturated heterocycles. The monoisotopic (exact) mass is 348 g/mol. The molecule has 0 aliphatic rings. The van der Waals surface area contributed by atoms with Gasteiger partial charge in [-0.15, -0.1) is 0 Å². The van der Waals surface area contributed by atoms with Gasteiger partial charge < -0.3 is 9.88 Å². The lowest BCUT2D eigenvalue weighted by Gasteiger charge is -2.10. The molecule has 0 fully saturated rings. The van der Waals surface area contributed by atoms with E-state index in [4.69, 9.17) is 0 Å². The number of anilines is 1. The fourth-order valence-electron chi connectivity index (χ4n) is 2.37. The number of amides is 1. The molecule has 7 heteroatoms. The van der Waals surface area contributed by atoms with Crippen LogP contribution in [0.3, 0.4) is 0 Å². The van der Waals surface area contributed by atoms with Gasteiger partial charge in [-0.1, -0.05) is 13.0 Å². The Kier molecular flexibility index (Phi) is 5.23. The van der Waals surface area contributed by atoms with E-state index in [0.29, 0.717) is 17.8 Å². The van der Waals surface area contributed by atoms with E-state index in [9.17, 15) is 18.0 Å². The fraction of sp³-hybridized carbons (Fsp3) is 0.294. The van der Waals surface area contributed by atoms with Crippen molar-refractivity contribution in [2.45, 2.75) is 31.7 Å². The number of carbonyl (C=O) groups is 1. The van der Waals surface area contributed by atoms with Gasteiger partial charge in [0.2, 0.25) is 0 Å². The van der Waals surface area contributed by atoms with E-state index in [0.717, 1.165) is 12.7 Å². The zero-order valence-corrected chi connectivity index (χ0v) is 14.7. The first-order valence-electron chi connectivity index (χ1n) is 7.55. The molecule has 24 heavy (non-hydrogen) atoms. The van der Waals surface area contributed by atoms with Crippen molar-refractivity contribution < 1.29 is 13.2 Å². The van der Waals surface area contributed by atoms with Crippen molar-refractivity contribution in [3.8, 4) is 0 Å². The molecule has 0 bridgehead atoms. The first-order valence-corrected chi connectivity index (χ1v) is 9.44. The molecule has 1 aromatic heterocycles. The molecule has 1 N–H and O–H groups in total. The zero-order valence-electron chi connectivity index (χ0n) is 13.9. The number of benzene rings is 1. The van der Waals surface area contributed by atoms with Gasteiger partial charge in [-0.25, -0.2) is 8.42 Å². The number of aromatic nitrogens is 1. The van der Waals surface area contributed by atoms with Crippen molar-refractivity contribution in [1.82, 2.24) is 4.57 Å². The maximum Gasteiger partial charge on any atom is 0.255 e. The summed E-state index contributed by atoms with van der Waals surface area (Å²) < 4.78 is 25.1. The second-order valence-corrected chi connectivity index (χ2v) is 7.64. The minimum Gasteiger partial charge on any atom is -0.321 e. The maximum absolute atomic E-state index is 12.4. The van der Waals surface area contributed by atoms with Crippen LogP contribution in [0.2, 0.25) is 0 Å². The summed E-state index contributed by atoms with van der Waals surface area (Å²) in [5.74, 6) is -0.429. The molecular weight excluding hydrogens is 328 g/mol. The highest BCUT2D eigenvalue weighted by atomic mass is 32.2. The van der Waals surface area contributed by atoms with Crippen LogP contribution in [0.1, 0.15) is 29.3 Å². The summed E-state index contributed by atoms with van der Waals surface area (Å²) in [6.07, 6.45) is 3.49. The van der Waals surface area contributed by atoms with E-state index < -0.39 is 15.7 Å². The van der Waals surface area contributed by atoms with Crippen LogP contribution in [0.25, 0.3) is 0 Å². The van der Waals surface area contributed by atoms with Gasteiger partial charge >= 0.3 is 0 Å². The Bertz CT molecular complexity index is 930. The SMILES string of the molecule is CCCn1cc(NC(=O)c2ccc(C)c(S(C)(=O)=O)c2)ccc1=O. The topological polar surface area (TPSA) is 85.2 Å². The molecule has 2 rings (SSSR count). The predicted octanol–water partition coefficient (Wildman–Crippen LogP) is 2.22. The summed E-state index contributed by atoms with van der Waals surface area (Å²) in [5.41, 5.74) is 1.18. The van der Waals surface area contributed by atoms with E-state index in [2.05, 4.69) is 5.32 Å². The lowest BCUT2D eigenvalue weighted by atomic mass is 10.1. The fourth-order valence-corrected chi connectivity index (χ4v) is 3.36. The van der Waals surface area contributed by atoms with E-state index >= 15 is 0 Å². The number of nitrogens with one attached hydrogen (secondary N) is 1. The molecule has 128 valence electrons. The van der Waals surface area contributed by atoms with Crippen molar-refractivity contribution in [3.63, 3.8) is 0 Å². The predicted molar refractivity (Wildman–Crippen MR) is 93.2 cm³/mol. The number of carbonyl (C=O) groups excluding carboxylic acids is 1. The molecular formula is C17H20N2O4S. The summed E-state index contributed by atoms with van der Waals surface area (Å²) in [4.78, 5) is 24.2. The number of nitrogens with zero attached hydrogens (tertiary/aromatic N) is 1. The average Bonchev–Trinajstić information content (AvgIpc) is 2.50. The normalized spacial score (nSPS) is 11.3. The molecule has 0 unspecified atom stereocenters. The average molecular weight is 348 g/mol. The Balaban J connectivity index is 2.31. The van der Waals surface area contributed by atoms with Gasteiger partial charge in [-0.05, 0) is 37.1 Å². The third kappa shape index (κ3) is 4.11. The Morgan fingerprint density at radius 1 is 1.21 bits per heavy atom. The Morgan fingerprint density at radius 3 is 2.54 bits per heavy atom. The number of hydrogen-bond donors (Lipinski definition) is 1. The molecule has 2 aromatic rings. The molecule has 1 heterocycles. The van der Waals surface area contributed by atoms with Gasteiger partial charge in [0.05, 0.1) is 10.6 Å². The van der Waals surface area contributed by atoms with Gasteiger partial charge in [0.1, 0.15) is 0 Å². The highest BCUT2D eigenvalue weighted by molar-refractivity contribution is 7.90. The van der Waals surface area contributed by atoms with Crippen LogP contribution in [0.5, 0.6) is 0 Å². The molecule has 1 aromatic carbocycles. The Morgan fingerprint density at radius 2 is 1.92 bits per heavy atom. The largest absolute Gasteiger partial charge is 0.321 e. The van der Waals surface area contributed by atoms with Crippen molar-refractivity contribution in [2.75, 3.05) is 11.6 Å². The third-order valence-corrected chi connectivity index (χ3v) is 4.79. The van der Waals surface area contributed by atoms with Crippen LogP contribution in [0.15, 0.2) is 46.2 Å². The van der Waals surface area contributed by atoms with Crippen molar-refractivity contribution >= 4 is 21.4 Å². The van der Waals surface area contributed by atoms with E-state index in [1.54, 1.807) is 25.3 Å². The van der Waals surface area contributed by atoms with Gasteiger partial charge in [-0.2, -0.15) is 0 Å². The number of rotatable bonds is 5. The van der Waals surface area contributed by atoms with Crippen LogP contribution in [0.4, 0.5) is 5.69 Å². The maximum atomic E-state index is 12.4. The number of aryl methyl sites for hydroxylation is 2. The molecule has 0 aliphatic carbocycles. The summed E-state index contributed by atoms with van der Waals surface area (Å²) in [7, 11) is -3.41. The van der Waals surface area contributed by atoms with E-state index in [1.807, 2.05) is 6.92 Å². The van der Waals surface area contributed by atoms with Gasteiger partial charge in [0, 0.05) is 30.6 Å². The molecule has 0 aliphatic heterocycles. The minimum atomic E-state index is -3.41. The smallest absolute Gasteiger partial charge is 0.255 e. The molecule has 0 saturated carbocycles.